The third-order valence-corrected chi connectivity index (χ3v) is 3.35. The molecule has 0 aliphatic heterocycles. The summed E-state index contributed by atoms with van der Waals surface area (Å²) in [7, 11) is 0. The minimum Gasteiger partial charge on any atom is -0.373 e. The molecule has 0 aliphatic rings. The van der Waals surface area contributed by atoms with Crippen molar-refractivity contribution >= 4 is 11.6 Å². The Balaban J connectivity index is 2.18. The summed E-state index contributed by atoms with van der Waals surface area (Å²) < 4.78 is 0. The maximum Gasteiger partial charge on any atom is 0.240 e. The first-order valence-electron chi connectivity index (χ1n) is 6.73. The molecule has 2 aromatic carbocycles. The first-order chi connectivity index (χ1) is 9.56. The van der Waals surface area contributed by atoms with Gasteiger partial charge in [-0.2, -0.15) is 0 Å². The molecule has 3 nitrogen and oxygen atoms in total. The lowest BCUT2D eigenvalue weighted by Gasteiger charge is -2.19. The van der Waals surface area contributed by atoms with Crippen molar-refractivity contribution in [3.8, 4) is 0 Å². The van der Waals surface area contributed by atoms with Crippen molar-refractivity contribution < 1.29 is 4.79 Å². The fourth-order valence-corrected chi connectivity index (χ4v) is 2.15. The van der Waals surface area contributed by atoms with E-state index < -0.39 is 6.04 Å². The molecule has 0 aliphatic carbocycles. The van der Waals surface area contributed by atoms with Gasteiger partial charge in [-0.3, -0.25) is 4.79 Å². The van der Waals surface area contributed by atoms with Gasteiger partial charge in [0.25, 0.3) is 0 Å². The summed E-state index contributed by atoms with van der Waals surface area (Å²) in [6.45, 7) is 4.05. The van der Waals surface area contributed by atoms with Crippen LogP contribution in [0.3, 0.4) is 0 Å². The van der Waals surface area contributed by atoms with Crippen LogP contribution in [-0.2, 0) is 11.2 Å². The van der Waals surface area contributed by atoms with Crippen molar-refractivity contribution in [2.24, 2.45) is 5.73 Å². The van der Waals surface area contributed by atoms with E-state index in [1.165, 1.54) is 0 Å². The molecule has 2 aromatic rings. The fraction of sp³-hybridized carbons (Fsp3) is 0.235. The number of hydrogen-bond acceptors (Lipinski definition) is 2. The number of carbonyl (C=O) groups excluding carboxylic acids is 1. The first-order valence-corrected chi connectivity index (χ1v) is 6.73. The number of amides is 1. The van der Waals surface area contributed by atoms with E-state index in [1.54, 1.807) is 0 Å². The quantitative estimate of drug-likeness (QED) is 0.876. The average Bonchev–Trinajstić information content (AvgIpc) is 2.43. The van der Waals surface area contributed by atoms with Crippen molar-refractivity contribution in [1.29, 1.82) is 0 Å². The summed E-state index contributed by atoms with van der Waals surface area (Å²) in [4.78, 5) is 11.7. The van der Waals surface area contributed by atoms with Crippen molar-refractivity contribution in [2.75, 3.05) is 5.32 Å². The van der Waals surface area contributed by atoms with Crippen molar-refractivity contribution in [3.05, 3.63) is 65.2 Å². The predicted octanol–water partition coefficient (Wildman–Crippen LogP) is 2.81. The Morgan fingerprint density at radius 1 is 1.15 bits per heavy atom. The van der Waals surface area contributed by atoms with Crippen molar-refractivity contribution in [1.82, 2.24) is 0 Å². The molecule has 0 spiro atoms. The zero-order valence-electron chi connectivity index (χ0n) is 11.9. The second kappa shape index (κ2) is 6.24. The molecule has 3 heteroatoms. The lowest BCUT2D eigenvalue weighted by molar-refractivity contribution is -0.118. The lowest BCUT2D eigenvalue weighted by atomic mass is 10.0. The highest BCUT2D eigenvalue weighted by molar-refractivity contribution is 5.83. The second-order valence-corrected chi connectivity index (χ2v) is 5.11. The van der Waals surface area contributed by atoms with Gasteiger partial charge < -0.3 is 11.1 Å². The summed E-state index contributed by atoms with van der Waals surface area (Å²) in [5.74, 6) is -0.338. The molecule has 1 amide bonds. The number of benzene rings is 2. The largest absolute Gasteiger partial charge is 0.373 e. The van der Waals surface area contributed by atoms with Crippen LogP contribution in [0.1, 0.15) is 16.7 Å². The molecular formula is C17H20N2O. The highest BCUT2D eigenvalue weighted by Gasteiger charge is 2.16. The summed E-state index contributed by atoms with van der Waals surface area (Å²) in [5.41, 5.74) is 9.83. The molecule has 2 rings (SSSR count). The SMILES string of the molecule is Cc1ccc(C)c(N[C@@H](Cc2ccccc2)C(N)=O)c1. The maximum absolute atomic E-state index is 11.7. The normalized spacial score (nSPS) is 11.9. The van der Waals surface area contributed by atoms with Gasteiger partial charge in [-0.05, 0) is 36.6 Å². The summed E-state index contributed by atoms with van der Waals surface area (Å²) >= 11 is 0. The Labute approximate surface area is 119 Å². The number of anilines is 1. The molecule has 20 heavy (non-hydrogen) atoms. The van der Waals surface area contributed by atoms with E-state index in [0.29, 0.717) is 6.42 Å². The van der Waals surface area contributed by atoms with Crippen molar-refractivity contribution in [2.45, 2.75) is 26.3 Å². The molecule has 0 radical (unpaired) electrons. The molecule has 0 fully saturated rings. The van der Waals surface area contributed by atoms with E-state index >= 15 is 0 Å². The minimum atomic E-state index is -0.405. The van der Waals surface area contributed by atoms with Crippen LogP contribution in [0.15, 0.2) is 48.5 Å². The van der Waals surface area contributed by atoms with Gasteiger partial charge in [0.05, 0.1) is 0 Å². The Kier molecular flexibility index (Phi) is 4.41. The summed E-state index contributed by atoms with van der Waals surface area (Å²) in [5, 5.41) is 3.26. The average molecular weight is 268 g/mol. The van der Waals surface area contributed by atoms with E-state index in [-0.39, 0.29) is 5.91 Å². The number of rotatable bonds is 5. The molecule has 1 atom stereocenters. The van der Waals surface area contributed by atoms with Crippen LogP contribution < -0.4 is 11.1 Å². The van der Waals surface area contributed by atoms with E-state index in [2.05, 4.69) is 11.4 Å². The Morgan fingerprint density at radius 3 is 2.50 bits per heavy atom. The highest BCUT2D eigenvalue weighted by Crippen LogP contribution is 2.18. The van der Waals surface area contributed by atoms with E-state index in [4.69, 9.17) is 5.73 Å². The topological polar surface area (TPSA) is 55.1 Å². The zero-order chi connectivity index (χ0) is 14.5. The van der Waals surface area contributed by atoms with Crippen LogP contribution in [0.2, 0.25) is 0 Å². The summed E-state index contributed by atoms with van der Waals surface area (Å²) in [6, 6.07) is 15.6. The number of hydrogen-bond donors (Lipinski definition) is 2. The van der Waals surface area contributed by atoms with Crippen LogP contribution in [0, 0.1) is 13.8 Å². The van der Waals surface area contributed by atoms with Gasteiger partial charge in [-0.15, -0.1) is 0 Å². The van der Waals surface area contributed by atoms with Gasteiger partial charge in [-0.1, -0.05) is 42.5 Å². The molecule has 0 saturated carbocycles. The third-order valence-electron chi connectivity index (χ3n) is 3.35. The van der Waals surface area contributed by atoms with Crippen LogP contribution >= 0.6 is 0 Å². The Morgan fingerprint density at radius 2 is 1.85 bits per heavy atom. The van der Waals surface area contributed by atoms with Gasteiger partial charge in [0.2, 0.25) is 5.91 Å². The monoisotopic (exact) mass is 268 g/mol. The predicted molar refractivity (Wildman–Crippen MR) is 82.7 cm³/mol. The number of aryl methyl sites for hydroxylation is 2. The maximum atomic E-state index is 11.7. The van der Waals surface area contributed by atoms with Gasteiger partial charge in [-0.25, -0.2) is 0 Å². The van der Waals surface area contributed by atoms with E-state index in [9.17, 15) is 4.79 Å². The number of nitrogens with one attached hydrogen (secondary N) is 1. The number of carbonyl (C=O) groups is 1. The van der Waals surface area contributed by atoms with Gasteiger partial charge in [0.15, 0.2) is 0 Å². The van der Waals surface area contributed by atoms with E-state index in [0.717, 1.165) is 22.4 Å². The molecule has 0 unspecified atom stereocenters. The zero-order valence-corrected chi connectivity index (χ0v) is 11.9. The standard InChI is InChI=1S/C17H20N2O/c1-12-8-9-13(2)15(10-12)19-16(17(18)20)11-14-6-4-3-5-7-14/h3-10,16,19H,11H2,1-2H3,(H2,18,20)/t16-/m0/s1. The molecule has 0 aromatic heterocycles. The van der Waals surface area contributed by atoms with Gasteiger partial charge in [0, 0.05) is 12.1 Å². The van der Waals surface area contributed by atoms with Crippen molar-refractivity contribution in [3.63, 3.8) is 0 Å². The molecular weight excluding hydrogens is 248 g/mol. The smallest absolute Gasteiger partial charge is 0.240 e. The summed E-state index contributed by atoms with van der Waals surface area (Å²) in [6.07, 6.45) is 0.587. The van der Waals surface area contributed by atoms with Crippen LogP contribution in [-0.4, -0.2) is 11.9 Å². The third kappa shape index (κ3) is 3.60. The second-order valence-electron chi connectivity index (χ2n) is 5.11. The number of nitrogens with two attached hydrogens (primary N) is 1. The minimum absolute atomic E-state index is 0.338. The van der Waals surface area contributed by atoms with Gasteiger partial charge in [0.1, 0.15) is 6.04 Å². The number of primary amides is 1. The molecule has 0 heterocycles. The molecule has 104 valence electrons. The molecule has 0 bridgehead atoms. The Bertz CT molecular complexity index is 593. The first kappa shape index (κ1) is 14.1. The molecule has 3 N–H and O–H groups in total. The highest BCUT2D eigenvalue weighted by atomic mass is 16.1. The van der Waals surface area contributed by atoms with Crippen LogP contribution in [0.25, 0.3) is 0 Å². The van der Waals surface area contributed by atoms with Crippen LogP contribution in [0.4, 0.5) is 5.69 Å². The lowest BCUT2D eigenvalue weighted by Crippen LogP contribution is -2.37. The van der Waals surface area contributed by atoms with E-state index in [1.807, 2.05) is 56.3 Å². The Hall–Kier alpha value is -2.29. The van der Waals surface area contributed by atoms with Crippen LogP contribution in [0.5, 0.6) is 0 Å². The molecule has 0 saturated heterocycles. The fourth-order valence-electron chi connectivity index (χ4n) is 2.15. The van der Waals surface area contributed by atoms with Gasteiger partial charge >= 0.3 is 0 Å².